The summed E-state index contributed by atoms with van der Waals surface area (Å²) < 4.78 is 0. The van der Waals surface area contributed by atoms with Gasteiger partial charge in [-0.25, -0.2) is 0 Å². The molecular formula is C20H34ClNO. The van der Waals surface area contributed by atoms with Crippen LogP contribution in [-0.2, 0) is 5.41 Å². The van der Waals surface area contributed by atoms with Crippen LogP contribution >= 0.6 is 12.4 Å². The third-order valence-electron chi connectivity index (χ3n) is 5.58. The standard InChI is InChI=1S/C20H33NO.ClH/c1-16(2)8-5-6-12-21-13-11-20(4,17(3)15-21)18-9-7-10-19(22)14-18;/h7,9-10,14,16-17,22H,5-6,8,11-13,15H2,1-4H3;1H/t17-,20-;/m0./s1. The maximum absolute atomic E-state index is 9.77. The first kappa shape index (κ1) is 20.3. The van der Waals surface area contributed by atoms with Gasteiger partial charge < -0.3 is 10.0 Å². The van der Waals surface area contributed by atoms with E-state index in [2.05, 4.69) is 38.7 Å². The Morgan fingerprint density at radius 1 is 1.30 bits per heavy atom. The van der Waals surface area contributed by atoms with Gasteiger partial charge in [-0.1, -0.05) is 52.7 Å². The Morgan fingerprint density at radius 2 is 2.04 bits per heavy atom. The Hall–Kier alpha value is -0.730. The first-order valence-corrected chi connectivity index (χ1v) is 8.93. The highest BCUT2D eigenvalue weighted by Gasteiger charge is 2.37. The van der Waals surface area contributed by atoms with Gasteiger partial charge in [-0.05, 0) is 60.9 Å². The monoisotopic (exact) mass is 339 g/mol. The maximum atomic E-state index is 9.77. The molecule has 1 aliphatic heterocycles. The normalized spacial score (nSPS) is 25.3. The lowest BCUT2D eigenvalue weighted by atomic mass is 9.68. The summed E-state index contributed by atoms with van der Waals surface area (Å²) in [6, 6.07) is 7.87. The van der Waals surface area contributed by atoms with Crippen molar-refractivity contribution in [2.45, 2.75) is 58.8 Å². The minimum atomic E-state index is 0. The molecular weight excluding hydrogens is 306 g/mol. The molecule has 0 aromatic heterocycles. The van der Waals surface area contributed by atoms with Crippen LogP contribution < -0.4 is 0 Å². The molecule has 132 valence electrons. The van der Waals surface area contributed by atoms with Gasteiger partial charge in [0.05, 0.1) is 0 Å². The Morgan fingerprint density at radius 3 is 2.65 bits per heavy atom. The highest BCUT2D eigenvalue weighted by atomic mass is 35.5. The highest BCUT2D eigenvalue weighted by molar-refractivity contribution is 5.85. The Labute approximate surface area is 148 Å². The van der Waals surface area contributed by atoms with E-state index in [1.807, 2.05) is 12.1 Å². The zero-order valence-corrected chi connectivity index (χ0v) is 16.0. The summed E-state index contributed by atoms with van der Waals surface area (Å²) in [5.41, 5.74) is 1.48. The van der Waals surface area contributed by atoms with Gasteiger partial charge in [-0.3, -0.25) is 0 Å². The fourth-order valence-corrected chi connectivity index (χ4v) is 3.70. The van der Waals surface area contributed by atoms with Crippen LogP contribution in [-0.4, -0.2) is 29.6 Å². The molecule has 0 bridgehead atoms. The van der Waals surface area contributed by atoms with Crippen LogP contribution in [0.1, 0.15) is 58.9 Å². The summed E-state index contributed by atoms with van der Waals surface area (Å²) in [5.74, 6) is 1.84. The molecule has 0 saturated carbocycles. The van der Waals surface area contributed by atoms with Crippen LogP contribution in [0.4, 0.5) is 0 Å². The second-order valence-electron chi connectivity index (χ2n) is 7.81. The van der Waals surface area contributed by atoms with Crippen molar-refractivity contribution in [3.8, 4) is 5.75 Å². The molecule has 2 rings (SSSR count). The van der Waals surface area contributed by atoms with E-state index >= 15 is 0 Å². The van der Waals surface area contributed by atoms with E-state index < -0.39 is 0 Å². The Kier molecular flexibility index (Phi) is 7.89. The molecule has 0 amide bonds. The van der Waals surface area contributed by atoms with Crippen molar-refractivity contribution in [3.63, 3.8) is 0 Å². The maximum Gasteiger partial charge on any atom is 0.115 e. The summed E-state index contributed by atoms with van der Waals surface area (Å²) >= 11 is 0. The number of unbranched alkanes of at least 4 members (excludes halogenated alkanes) is 1. The molecule has 1 saturated heterocycles. The number of likely N-dealkylation sites (tertiary alicyclic amines) is 1. The number of phenols is 1. The first-order chi connectivity index (χ1) is 10.4. The van der Waals surface area contributed by atoms with E-state index in [-0.39, 0.29) is 17.8 Å². The topological polar surface area (TPSA) is 23.5 Å². The van der Waals surface area contributed by atoms with Crippen molar-refractivity contribution in [1.82, 2.24) is 4.90 Å². The molecule has 1 heterocycles. The number of nitrogens with zero attached hydrogens (tertiary/aromatic N) is 1. The third kappa shape index (κ3) is 5.39. The van der Waals surface area contributed by atoms with E-state index in [9.17, 15) is 5.11 Å². The number of hydrogen-bond donors (Lipinski definition) is 1. The predicted octanol–water partition coefficient (Wildman–Crippen LogP) is 5.24. The van der Waals surface area contributed by atoms with Gasteiger partial charge in [-0.15, -0.1) is 12.4 Å². The summed E-state index contributed by atoms with van der Waals surface area (Å²) in [4.78, 5) is 2.63. The molecule has 0 radical (unpaired) electrons. The smallest absolute Gasteiger partial charge is 0.115 e. The number of piperidine rings is 1. The lowest BCUT2D eigenvalue weighted by Gasteiger charge is -2.45. The lowest BCUT2D eigenvalue weighted by molar-refractivity contribution is 0.109. The van der Waals surface area contributed by atoms with E-state index in [1.54, 1.807) is 6.07 Å². The van der Waals surface area contributed by atoms with Gasteiger partial charge in [0, 0.05) is 6.54 Å². The summed E-state index contributed by atoms with van der Waals surface area (Å²) in [6.07, 6.45) is 5.21. The number of hydrogen-bond acceptors (Lipinski definition) is 2. The minimum absolute atomic E-state index is 0. The third-order valence-corrected chi connectivity index (χ3v) is 5.58. The van der Waals surface area contributed by atoms with Crippen LogP contribution in [0.5, 0.6) is 5.75 Å². The molecule has 1 aromatic rings. The van der Waals surface area contributed by atoms with Gasteiger partial charge in [0.2, 0.25) is 0 Å². The van der Waals surface area contributed by atoms with Crippen LogP contribution in [0.2, 0.25) is 0 Å². The molecule has 0 aliphatic carbocycles. The van der Waals surface area contributed by atoms with E-state index in [0.29, 0.717) is 11.7 Å². The average molecular weight is 340 g/mol. The van der Waals surface area contributed by atoms with Crippen molar-refractivity contribution in [3.05, 3.63) is 29.8 Å². The van der Waals surface area contributed by atoms with Crippen molar-refractivity contribution < 1.29 is 5.11 Å². The van der Waals surface area contributed by atoms with Crippen LogP contribution in [0.25, 0.3) is 0 Å². The fraction of sp³-hybridized carbons (Fsp3) is 0.700. The lowest BCUT2D eigenvalue weighted by Crippen LogP contribution is -2.47. The van der Waals surface area contributed by atoms with Crippen LogP contribution in [0.3, 0.4) is 0 Å². The number of aromatic hydroxyl groups is 1. The molecule has 1 N–H and O–H groups in total. The summed E-state index contributed by atoms with van der Waals surface area (Å²) in [5, 5.41) is 9.77. The molecule has 1 aliphatic rings. The Bertz CT molecular complexity index is 476. The van der Waals surface area contributed by atoms with Gasteiger partial charge in [0.25, 0.3) is 0 Å². The average Bonchev–Trinajstić information content (AvgIpc) is 2.47. The zero-order chi connectivity index (χ0) is 16.2. The van der Waals surface area contributed by atoms with Gasteiger partial charge in [-0.2, -0.15) is 0 Å². The Balaban J connectivity index is 0.00000264. The molecule has 3 heteroatoms. The van der Waals surface area contributed by atoms with E-state index in [4.69, 9.17) is 0 Å². The summed E-state index contributed by atoms with van der Waals surface area (Å²) in [7, 11) is 0. The number of phenolic OH excluding ortho intramolecular Hbond substituents is 1. The SMILES string of the molecule is CC(C)CCCCN1CC[C@](C)(c2cccc(O)c2)[C@@H](C)C1.Cl. The van der Waals surface area contributed by atoms with Crippen molar-refractivity contribution in [2.75, 3.05) is 19.6 Å². The van der Waals surface area contributed by atoms with Gasteiger partial charge in [0.15, 0.2) is 0 Å². The molecule has 2 atom stereocenters. The van der Waals surface area contributed by atoms with Gasteiger partial charge in [0.1, 0.15) is 5.75 Å². The van der Waals surface area contributed by atoms with Crippen molar-refractivity contribution in [1.29, 1.82) is 0 Å². The number of rotatable bonds is 6. The molecule has 2 nitrogen and oxygen atoms in total. The van der Waals surface area contributed by atoms with Crippen LogP contribution in [0.15, 0.2) is 24.3 Å². The first-order valence-electron chi connectivity index (χ1n) is 8.93. The molecule has 23 heavy (non-hydrogen) atoms. The van der Waals surface area contributed by atoms with Crippen molar-refractivity contribution in [2.24, 2.45) is 11.8 Å². The van der Waals surface area contributed by atoms with Crippen molar-refractivity contribution >= 4 is 12.4 Å². The second-order valence-corrected chi connectivity index (χ2v) is 7.81. The van der Waals surface area contributed by atoms with E-state index in [1.165, 1.54) is 50.9 Å². The molecule has 1 aromatic carbocycles. The minimum Gasteiger partial charge on any atom is -0.508 e. The summed E-state index contributed by atoms with van der Waals surface area (Å²) in [6.45, 7) is 12.9. The molecule has 0 unspecified atom stereocenters. The number of halogens is 1. The molecule has 1 fully saturated rings. The predicted molar refractivity (Wildman–Crippen MR) is 102 cm³/mol. The second kappa shape index (κ2) is 8.94. The largest absolute Gasteiger partial charge is 0.508 e. The van der Waals surface area contributed by atoms with Crippen LogP contribution in [0, 0.1) is 11.8 Å². The zero-order valence-electron chi connectivity index (χ0n) is 15.2. The quantitative estimate of drug-likeness (QED) is 0.716. The molecule has 0 spiro atoms. The van der Waals surface area contributed by atoms with Gasteiger partial charge >= 0.3 is 0 Å². The highest BCUT2D eigenvalue weighted by Crippen LogP contribution is 2.40. The van der Waals surface area contributed by atoms with E-state index in [0.717, 1.165) is 5.92 Å². The fourth-order valence-electron chi connectivity index (χ4n) is 3.70. The number of benzene rings is 1.